The first-order valence-corrected chi connectivity index (χ1v) is 6.73. The molecule has 0 saturated carbocycles. The quantitative estimate of drug-likeness (QED) is 0.786. The molecule has 1 aromatic carbocycles. The van der Waals surface area contributed by atoms with E-state index in [-0.39, 0.29) is 0 Å². The number of hydrogen-bond donors (Lipinski definition) is 0. The smallest absolute Gasteiger partial charge is 0.152 e. The molecule has 18 heavy (non-hydrogen) atoms. The summed E-state index contributed by atoms with van der Waals surface area (Å²) in [7, 11) is 2.16. The van der Waals surface area contributed by atoms with Gasteiger partial charge in [0, 0.05) is 41.9 Å². The summed E-state index contributed by atoms with van der Waals surface area (Å²) in [6, 6.07) is 5.99. The standard InChI is InChI=1S/C14H19ClN2O/c1-3-13-9-17(7-6-16(13)2)14-8-12(15)5-4-11(14)10-18/h4-5,8,10,13H,3,6-7,9H2,1-2H3. The Morgan fingerprint density at radius 3 is 2.89 bits per heavy atom. The van der Waals surface area contributed by atoms with Crippen LogP contribution in [0.15, 0.2) is 18.2 Å². The summed E-state index contributed by atoms with van der Waals surface area (Å²) in [6.45, 7) is 5.11. The van der Waals surface area contributed by atoms with Crippen molar-refractivity contribution in [3.8, 4) is 0 Å². The lowest BCUT2D eigenvalue weighted by Crippen LogP contribution is -2.51. The van der Waals surface area contributed by atoms with Crippen molar-refractivity contribution in [2.75, 3.05) is 31.6 Å². The summed E-state index contributed by atoms with van der Waals surface area (Å²) < 4.78 is 0. The van der Waals surface area contributed by atoms with E-state index >= 15 is 0 Å². The Balaban J connectivity index is 2.26. The average molecular weight is 267 g/mol. The third-order valence-corrected chi connectivity index (χ3v) is 3.94. The summed E-state index contributed by atoms with van der Waals surface area (Å²) in [6.07, 6.45) is 2.02. The highest BCUT2D eigenvalue weighted by molar-refractivity contribution is 6.31. The second-order valence-corrected chi connectivity index (χ2v) is 5.25. The van der Waals surface area contributed by atoms with Gasteiger partial charge in [-0.25, -0.2) is 0 Å². The normalized spacial score (nSPS) is 21.1. The molecule has 1 fully saturated rings. The largest absolute Gasteiger partial charge is 0.368 e. The van der Waals surface area contributed by atoms with E-state index in [2.05, 4.69) is 23.8 Å². The lowest BCUT2D eigenvalue weighted by molar-refractivity contribution is 0.112. The predicted octanol–water partition coefficient (Wildman–Crippen LogP) is 2.68. The molecule has 0 bridgehead atoms. The third kappa shape index (κ3) is 2.68. The zero-order valence-corrected chi connectivity index (χ0v) is 11.7. The molecule has 1 aromatic rings. The Hall–Kier alpha value is -1.06. The van der Waals surface area contributed by atoms with Gasteiger partial charge in [-0.1, -0.05) is 18.5 Å². The zero-order valence-electron chi connectivity index (χ0n) is 10.9. The van der Waals surface area contributed by atoms with E-state index in [1.807, 2.05) is 6.07 Å². The molecule has 0 radical (unpaired) electrons. The Morgan fingerprint density at radius 1 is 1.44 bits per heavy atom. The number of carbonyl (C=O) groups excluding carboxylic acids is 1. The van der Waals surface area contributed by atoms with Crippen molar-refractivity contribution in [2.45, 2.75) is 19.4 Å². The van der Waals surface area contributed by atoms with E-state index < -0.39 is 0 Å². The Labute approximate surface area is 113 Å². The van der Waals surface area contributed by atoms with Crippen molar-refractivity contribution in [3.05, 3.63) is 28.8 Å². The van der Waals surface area contributed by atoms with Crippen LogP contribution >= 0.6 is 11.6 Å². The first-order valence-electron chi connectivity index (χ1n) is 6.35. The second kappa shape index (κ2) is 5.72. The number of halogens is 1. The molecule has 98 valence electrons. The summed E-state index contributed by atoms with van der Waals surface area (Å²) in [5.41, 5.74) is 1.68. The third-order valence-electron chi connectivity index (χ3n) is 3.71. The molecule has 1 saturated heterocycles. The minimum absolute atomic E-state index is 0.539. The van der Waals surface area contributed by atoms with Crippen molar-refractivity contribution in [1.82, 2.24) is 4.90 Å². The van der Waals surface area contributed by atoms with Gasteiger partial charge >= 0.3 is 0 Å². The van der Waals surface area contributed by atoms with Gasteiger partial charge in [0.25, 0.3) is 0 Å². The molecule has 1 aliphatic rings. The Kier molecular flexibility index (Phi) is 4.25. The topological polar surface area (TPSA) is 23.6 Å². The van der Waals surface area contributed by atoms with Gasteiger partial charge in [0.2, 0.25) is 0 Å². The van der Waals surface area contributed by atoms with E-state index in [4.69, 9.17) is 11.6 Å². The molecule has 0 aromatic heterocycles. The van der Waals surface area contributed by atoms with E-state index in [1.165, 1.54) is 0 Å². The number of anilines is 1. The van der Waals surface area contributed by atoms with Gasteiger partial charge in [0.05, 0.1) is 0 Å². The maximum absolute atomic E-state index is 11.1. The van der Waals surface area contributed by atoms with Crippen molar-refractivity contribution < 1.29 is 4.79 Å². The molecule has 0 N–H and O–H groups in total. The van der Waals surface area contributed by atoms with Crippen LogP contribution in [0.2, 0.25) is 5.02 Å². The number of nitrogens with zero attached hydrogens (tertiary/aromatic N) is 2. The summed E-state index contributed by atoms with van der Waals surface area (Å²) in [4.78, 5) is 15.8. The molecule has 0 amide bonds. The molecule has 0 spiro atoms. The molecule has 4 heteroatoms. The van der Waals surface area contributed by atoms with Crippen LogP contribution in [0.5, 0.6) is 0 Å². The van der Waals surface area contributed by atoms with Crippen LogP contribution in [0, 0.1) is 0 Å². The number of rotatable bonds is 3. The van der Waals surface area contributed by atoms with Crippen molar-refractivity contribution in [2.24, 2.45) is 0 Å². The molecular weight excluding hydrogens is 248 g/mol. The molecule has 1 unspecified atom stereocenters. The molecule has 2 rings (SSSR count). The number of likely N-dealkylation sites (N-methyl/N-ethyl adjacent to an activating group) is 1. The van der Waals surface area contributed by atoms with Crippen LogP contribution < -0.4 is 4.90 Å². The Morgan fingerprint density at radius 2 is 2.22 bits per heavy atom. The molecule has 0 aliphatic carbocycles. The lowest BCUT2D eigenvalue weighted by atomic mass is 10.1. The molecular formula is C14H19ClN2O. The van der Waals surface area contributed by atoms with Gasteiger partial charge in [-0.2, -0.15) is 0 Å². The van der Waals surface area contributed by atoms with Crippen LogP contribution in [-0.2, 0) is 0 Å². The first-order chi connectivity index (χ1) is 8.65. The highest BCUT2D eigenvalue weighted by Gasteiger charge is 2.24. The summed E-state index contributed by atoms with van der Waals surface area (Å²) in [5.74, 6) is 0. The van der Waals surface area contributed by atoms with Gasteiger partial charge in [-0.15, -0.1) is 0 Å². The minimum Gasteiger partial charge on any atom is -0.368 e. The lowest BCUT2D eigenvalue weighted by Gasteiger charge is -2.40. The first kappa shape index (κ1) is 13.4. The van der Waals surface area contributed by atoms with Crippen LogP contribution in [-0.4, -0.2) is 43.9 Å². The Bertz CT molecular complexity index is 436. The maximum Gasteiger partial charge on any atom is 0.152 e. The fraction of sp³-hybridized carbons (Fsp3) is 0.500. The molecule has 3 nitrogen and oxygen atoms in total. The van der Waals surface area contributed by atoms with Crippen LogP contribution in [0.4, 0.5) is 5.69 Å². The van der Waals surface area contributed by atoms with Crippen LogP contribution in [0.25, 0.3) is 0 Å². The molecule has 1 heterocycles. The highest BCUT2D eigenvalue weighted by atomic mass is 35.5. The van der Waals surface area contributed by atoms with Gasteiger partial charge in [-0.3, -0.25) is 9.69 Å². The SMILES string of the molecule is CCC1CN(c2cc(Cl)ccc2C=O)CCN1C. The minimum atomic E-state index is 0.539. The van der Waals surface area contributed by atoms with E-state index in [9.17, 15) is 4.79 Å². The van der Waals surface area contributed by atoms with Crippen molar-refractivity contribution in [3.63, 3.8) is 0 Å². The number of carbonyl (C=O) groups is 1. The number of aldehydes is 1. The zero-order chi connectivity index (χ0) is 13.1. The fourth-order valence-corrected chi connectivity index (χ4v) is 2.66. The number of piperazine rings is 1. The van der Waals surface area contributed by atoms with Gasteiger partial charge in [-0.05, 0) is 31.7 Å². The van der Waals surface area contributed by atoms with E-state index in [0.717, 1.165) is 43.6 Å². The van der Waals surface area contributed by atoms with Crippen molar-refractivity contribution in [1.29, 1.82) is 0 Å². The molecule has 1 atom stereocenters. The van der Waals surface area contributed by atoms with Crippen molar-refractivity contribution >= 4 is 23.6 Å². The number of benzene rings is 1. The summed E-state index contributed by atoms with van der Waals surface area (Å²) >= 11 is 6.04. The summed E-state index contributed by atoms with van der Waals surface area (Å²) in [5, 5.41) is 0.683. The van der Waals surface area contributed by atoms with Gasteiger partial charge < -0.3 is 4.90 Å². The second-order valence-electron chi connectivity index (χ2n) is 4.81. The van der Waals surface area contributed by atoms with Gasteiger partial charge in [0.1, 0.15) is 0 Å². The molecule has 1 aliphatic heterocycles. The average Bonchev–Trinajstić information content (AvgIpc) is 2.39. The monoisotopic (exact) mass is 266 g/mol. The van der Waals surface area contributed by atoms with Gasteiger partial charge in [0.15, 0.2) is 6.29 Å². The number of hydrogen-bond acceptors (Lipinski definition) is 3. The predicted molar refractivity (Wildman–Crippen MR) is 75.8 cm³/mol. The van der Waals surface area contributed by atoms with E-state index in [1.54, 1.807) is 12.1 Å². The van der Waals surface area contributed by atoms with E-state index in [0.29, 0.717) is 11.1 Å². The van der Waals surface area contributed by atoms with Crippen LogP contribution in [0.1, 0.15) is 23.7 Å². The maximum atomic E-state index is 11.1. The highest BCUT2D eigenvalue weighted by Crippen LogP contribution is 2.26. The van der Waals surface area contributed by atoms with Crippen LogP contribution in [0.3, 0.4) is 0 Å². The fourth-order valence-electron chi connectivity index (χ4n) is 2.50.